The summed E-state index contributed by atoms with van der Waals surface area (Å²) in [4.78, 5) is 0. The molecule has 0 aromatic rings. The molecule has 0 heterocycles. The van der Waals surface area contributed by atoms with E-state index in [0.29, 0.717) is 7.11 Å². The van der Waals surface area contributed by atoms with Crippen LogP contribution in [0.3, 0.4) is 0 Å². The number of halogens is 7. The molecule has 0 N–H and O–H groups in total. The molecule has 4 nitrogen and oxygen atoms in total. The van der Waals surface area contributed by atoms with Gasteiger partial charge in [-0.2, -0.15) is 30.7 Å². The average molecular weight is 322 g/mol. The van der Waals surface area contributed by atoms with Crippen LogP contribution in [0, 0.1) is 0 Å². The highest BCUT2D eigenvalue weighted by Gasteiger charge is 2.65. The predicted octanol–water partition coefficient (Wildman–Crippen LogP) is 3.97. The normalized spacial score (nSPS) is 17.3. The van der Waals surface area contributed by atoms with Gasteiger partial charge in [-0.25, -0.2) is 9.09 Å². The minimum absolute atomic E-state index is 0.508. The molecule has 0 radical (unpaired) electrons. The van der Waals surface area contributed by atoms with Gasteiger partial charge in [0.2, 0.25) is 0 Å². The summed E-state index contributed by atoms with van der Waals surface area (Å²) in [5, 5.41) is 0. The molecule has 19 heavy (non-hydrogen) atoms. The molecule has 12 heteroatoms. The summed E-state index contributed by atoms with van der Waals surface area (Å²) in [5.41, 5.74) is 0. The summed E-state index contributed by atoms with van der Waals surface area (Å²) in [7, 11) is -4.53. The summed E-state index contributed by atoms with van der Waals surface area (Å²) < 4.78 is 109. The van der Waals surface area contributed by atoms with Crippen molar-refractivity contribution < 1.29 is 48.9 Å². The molecule has 0 aromatic carbocycles. The van der Waals surface area contributed by atoms with Crippen molar-refractivity contribution in [1.82, 2.24) is 0 Å². The van der Waals surface area contributed by atoms with E-state index in [1.807, 2.05) is 0 Å². The Morgan fingerprint density at radius 2 is 1.53 bits per heavy atom. The Morgan fingerprint density at radius 1 is 1.05 bits per heavy atom. The Kier molecular flexibility index (Phi) is 5.82. The van der Waals surface area contributed by atoms with Crippen LogP contribution in [0.15, 0.2) is 0 Å². The Labute approximate surface area is 103 Å². The molecule has 0 spiro atoms. The fourth-order valence-corrected chi connectivity index (χ4v) is 1.80. The van der Waals surface area contributed by atoms with Crippen LogP contribution in [0.2, 0.25) is 0 Å². The van der Waals surface area contributed by atoms with Crippen molar-refractivity contribution in [3.05, 3.63) is 0 Å². The topological polar surface area (TPSA) is 44.8 Å². The number of hydrogen-bond acceptors (Lipinski definition) is 4. The zero-order chi connectivity index (χ0) is 15.5. The lowest BCUT2D eigenvalue weighted by molar-refractivity contribution is -0.339. The number of rotatable bonds is 7. The molecule has 1 atom stereocenters. The molecule has 0 aliphatic heterocycles. The first-order chi connectivity index (χ1) is 8.29. The smallest absolute Gasteiger partial charge is 0.290 e. The second-order valence-corrected chi connectivity index (χ2v) is 4.85. The van der Waals surface area contributed by atoms with Gasteiger partial charge in [-0.1, -0.05) is 0 Å². The lowest BCUT2D eigenvalue weighted by Crippen LogP contribution is -2.45. The summed E-state index contributed by atoms with van der Waals surface area (Å²) in [6.45, 7) is 0.646. The highest BCUT2D eigenvalue weighted by Crippen LogP contribution is 2.57. The van der Waals surface area contributed by atoms with Crippen LogP contribution in [0.4, 0.5) is 30.7 Å². The van der Waals surface area contributed by atoms with E-state index in [-0.39, 0.29) is 0 Å². The van der Waals surface area contributed by atoms with E-state index < -0.39 is 39.1 Å². The highest BCUT2D eigenvalue weighted by atomic mass is 31.2. The van der Waals surface area contributed by atoms with E-state index in [4.69, 9.17) is 0 Å². The molecule has 0 rings (SSSR count). The zero-order valence-corrected chi connectivity index (χ0v) is 10.5. The van der Waals surface area contributed by atoms with Gasteiger partial charge in [-0.15, -0.1) is 0 Å². The molecule has 0 saturated carbocycles. The van der Waals surface area contributed by atoms with Crippen molar-refractivity contribution in [3.63, 3.8) is 0 Å². The van der Waals surface area contributed by atoms with Crippen molar-refractivity contribution >= 4 is 7.82 Å². The van der Waals surface area contributed by atoms with E-state index in [1.165, 1.54) is 0 Å². The lowest BCUT2D eigenvalue weighted by Gasteiger charge is -2.28. The van der Waals surface area contributed by atoms with Crippen molar-refractivity contribution in [3.8, 4) is 0 Å². The van der Waals surface area contributed by atoms with Gasteiger partial charge in [-0.3, -0.25) is 9.05 Å². The van der Waals surface area contributed by atoms with Crippen LogP contribution in [-0.4, -0.2) is 31.9 Å². The second-order valence-electron chi connectivity index (χ2n) is 3.15. The maximum absolute atomic E-state index is 12.9. The largest absolute Gasteiger partial charge is 0.479 e. The van der Waals surface area contributed by atoms with Gasteiger partial charge < -0.3 is 0 Å². The van der Waals surface area contributed by atoms with Gasteiger partial charge in [0.25, 0.3) is 0 Å². The van der Waals surface area contributed by atoms with E-state index in [1.54, 1.807) is 0 Å². The average Bonchev–Trinajstić information content (AvgIpc) is 2.13. The zero-order valence-electron chi connectivity index (χ0n) is 9.64. The van der Waals surface area contributed by atoms with Crippen LogP contribution in [-0.2, 0) is 18.1 Å². The summed E-state index contributed by atoms with van der Waals surface area (Å²) in [6.07, 6.45) is -14.4. The van der Waals surface area contributed by atoms with Crippen LogP contribution in [0.5, 0.6) is 0 Å². The third-order valence-corrected chi connectivity index (χ3v) is 3.06. The van der Waals surface area contributed by atoms with Gasteiger partial charge in [-0.05, 0) is 6.92 Å². The van der Waals surface area contributed by atoms with Crippen molar-refractivity contribution in [2.45, 2.75) is 31.6 Å². The molecule has 1 unspecified atom stereocenters. The minimum Gasteiger partial charge on any atom is -0.290 e. The van der Waals surface area contributed by atoms with Gasteiger partial charge in [0.05, 0.1) is 6.61 Å². The van der Waals surface area contributed by atoms with Crippen LogP contribution in [0.25, 0.3) is 0 Å². The highest BCUT2D eigenvalue weighted by molar-refractivity contribution is 7.48. The quantitative estimate of drug-likeness (QED) is 0.525. The fourth-order valence-electron chi connectivity index (χ4n) is 0.836. The molecule has 116 valence electrons. The SMILES string of the molecule is CCOP(=O)(OC)OC(F)(F)C(F)(F)CC(F)(F)F. The maximum atomic E-state index is 12.9. The first kappa shape index (κ1) is 18.6. The standard InChI is InChI=1S/C7H10F7O4P/c1-3-17-19(15,16-2)18-7(13,14)5(8,9)4-6(10,11)12/h3-4H2,1-2H3. The van der Waals surface area contributed by atoms with Gasteiger partial charge in [0, 0.05) is 7.11 Å². The third-order valence-electron chi connectivity index (χ3n) is 1.59. The Hall–Kier alpha value is -0.380. The molecule has 0 saturated heterocycles. The van der Waals surface area contributed by atoms with Crippen molar-refractivity contribution in [2.24, 2.45) is 0 Å². The summed E-state index contributed by atoms with van der Waals surface area (Å²) >= 11 is 0. The van der Waals surface area contributed by atoms with Gasteiger partial charge >= 0.3 is 26.0 Å². The van der Waals surface area contributed by atoms with E-state index >= 15 is 0 Å². The molecule has 0 aliphatic carbocycles. The first-order valence-corrected chi connectivity index (χ1v) is 6.08. The fraction of sp³-hybridized carbons (Fsp3) is 1.00. The van der Waals surface area contributed by atoms with Crippen molar-refractivity contribution in [2.75, 3.05) is 13.7 Å². The minimum atomic E-state index is -5.68. The third kappa shape index (κ3) is 5.64. The number of phosphoric acid groups is 1. The molecule has 0 aliphatic rings. The molecule has 0 amide bonds. The maximum Gasteiger partial charge on any atom is 0.479 e. The molecule has 0 aromatic heterocycles. The summed E-state index contributed by atoms with van der Waals surface area (Å²) in [5.74, 6) is -5.63. The Bertz CT molecular complexity index is 343. The predicted molar refractivity (Wildman–Crippen MR) is 47.9 cm³/mol. The van der Waals surface area contributed by atoms with E-state index in [0.717, 1.165) is 6.92 Å². The number of hydrogen-bond donors (Lipinski definition) is 0. The Morgan fingerprint density at radius 3 is 1.84 bits per heavy atom. The van der Waals surface area contributed by atoms with E-state index in [2.05, 4.69) is 13.6 Å². The second kappa shape index (κ2) is 5.94. The number of alkyl halides is 7. The summed E-state index contributed by atoms with van der Waals surface area (Å²) in [6, 6.07) is 0. The molecular formula is C7H10F7O4P. The first-order valence-electron chi connectivity index (χ1n) is 4.62. The van der Waals surface area contributed by atoms with Crippen molar-refractivity contribution in [1.29, 1.82) is 0 Å². The van der Waals surface area contributed by atoms with Gasteiger partial charge in [0.15, 0.2) is 0 Å². The monoisotopic (exact) mass is 322 g/mol. The Balaban J connectivity index is 5.10. The number of phosphoric ester groups is 1. The molecular weight excluding hydrogens is 312 g/mol. The van der Waals surface area contributed by atoms with Crippen LogP contribution in [0.1, 0.15) is 13.3 Å². The lowest BCUT2D eigenvalue weighted by atomic mass is 10.2. The van der Waals surface area contributed by atoms with E-state index in [9.17, 15) is 35.3 Å². The van der Waals surface area contributed by atoms with Crippen LogP contribution >= 0.6 is 7.82 Å². The molecule has 0 bridgehead atoms. The molecule has 0 fully saturated rings. The van der Waals surface area contributed by atoms with Crippen LogP contribution < -0.4 is 0 Å². The van der Waals surface area contributed by atoms with Gasteiger partial charge in [0.1, 0.15) is 6.42 Å².